The molecular weight excluding hydrogens is 285 g/mol. The van der Waals surface area contributed by atoms with E-state index in [9.17, 15) is 30.7 Å². The van der Waals surface area contributed by atoms with Gasteiger partial charge in [-0.3, -0.25) is 0 Å². The Labute approximate surface area is 100.0 Å². The first-order chi connectivity index (χ1) is 8.06. The zero-order chi connectivity index (χ0) is 14.2. The predicted molar refractivity (Wildman–Crippen MR) is 51.3 cm³/mol. The van der Waals surface area contributed by atoms with Gasteiger partial charge in [0.15, 0.2) is 11.6 Å². The highest BCUT2D eigenvalue weighted by Crippen LogP contribution is 2.35. The molecule has 9 heteroatoms. The summed E-state index contributed by atoms with van der Waals surface area (Å²) < 4.78 is 91.5. The first-order valence-electron chi connectivity index (χ1n) is 4.67. The summed E-state index contributed by atoms with van der Waals surface area (Å²) in [5.74, 6) is -10.2. The third-order valence-corrected chi connectivity index (χ3v) is 2.63. The van der Waals surface area contributed by atoms with Crippen LogP contribution in [0.15, 0.2) is 0 Å². The van der Waals surface area contributed by atoms with Gasteiger partial charge in [0.2, 0.25) is 17.4 Å². The van der Waals surface area contributed by atoms with Crippen molar-refractivity contribution >= 4 is 10.2 Å². The molecule has 102 valence electrons. The van der Waals surface area contributed by atoms with Gasteiger partial charge in [-0.15, -0.1) is 13.2 Å². The van der Waals surface area contributed by atoms with Crippen LogP contribution in [0.3, 0.4) is 0 Å². The minimum absolute atomic E-state index is 0.164. The van der Waals surface area contributed by atoms with Gasteiger partial charge < -0.3 is 4.74 Å². The Hall–Kier alpha value is -1.25. The van der Waals surface area contributed by atoms with E-state index in [-0.39, 0.29) is 10.2 Å². The standard InChI is InChI=1S/C9H7F7OSi/c1-2(18)3-4(10)6(12)8(7(13)5(3)11)17-9(14,15)16/h2H,1,18H3. The SMILES string of the molecule is CC([SiH3])c1c(F)c(F)c(OC(F)(F)F)c(F)c1F. The highest BCUT2D eigenvalue weighted by atomic mass is 28.1. The molecule has 0 amide bonds. The van der Waals surface area contributed by atoms with E-state index < -0.39 is 46.5 Å². The second kappa shape index (κ2) is 4.79. The fourth-order valence-corrected chi connectivity index (χ4v) is 1.85. The van der Waals surface area contributed by atoms with E-state index in [1.165, 1.54) is 6.92 Å². The highest BCUT2D eigenvalue weighted by molar-refractivity contribution is 6.12. The minimum Gasteiger partial charge on any atom is -0.399 e. The topological polar surface area (TPSA) is 9.23 Å². The average Bonchev–Trinajstić information content (AvgIpc) is 2.20. The lowest BCUT2D eigenvalue weighted by atomic mass is 10.1. The molecule has 1 atom stereocenters. The highest BCUT2D eigenvalue weighted by Gasteiger charge is 2.37. The summed E-state index contributed by atoms with van der Waals surface area (Å²) in [7, 11) is 0.164. The monoisotopic (exact) mass is 292 g/mol. The number of halogens is 7. The molecule has 1 aromatic rings. The van der Waals surface area contributed by atoms with Crippen molar-refractivity contribution in [3.8, 4) is 5.75 Å². The maximum absolute atomic E-state index is 13.3. The zero-order valence-corrected chi connectivity index (χ0v) is 11.1. The summed E-state index contributed by atoms with van der Waals surface area (Å²) in [4.78, 5) is 0. The van der Waals surface area contributed by atoms with Crippen molar-refractivity contribution in [3.63, 3.8) is 0 Å². The van der Waals surface area contributed by atoms with Crippen LogP contribution >= 0.6 is 0 Å². The molecule has 0 bridgehead atoms. The first-order valence-corrected chi connectivity index (χ1v) is 5.83. The molecular formula is C9H7F7OSi. The van der Waals surface area contributed by atoms with E-state index in [4.69, 9.17) is 0 Å². The van der Waals surface area contributed by atoms with Crippen molar-refractivity contribution in [2.45, 2.75) is 18.8 Å². The van der Waals surface area contributed by atoms with Crippen LogP contribution in [-0.2, 0) is 0 Å². The maximum atomic E-state index is 13.3. The van der Waals surface area contributed by atoms with Gasteiger partial charge >= 0.3 is 6.36 Å². The van der Waals surface area contributed by atoms with Crippen LogP contribution in [0.5, 0.6) is 5.75 Å². The van der Waals surface area contributed by atoms with E-state index in [0.29, 0.717) is 0 Å². The van der Waals surface area contributed by atoms with Crippen molar-refractivity contribution in [1.29, 1.82) is 0 Å². The number of alkyl halides is 3. The molecule has 0 heterocycles. The van der Waals surface area contributed by atoms with Crippen LogP contribution < -0.4 is 4.74 Å². The number of hydrogen-bond acceptors (Lipinski definition) is 1. The van der Waals surface area contributed by atoms with Crippen molar-refractivity contribution < 1.29 is 35.5 Å². The van der Waals surface area contributed by atoms with Crippen molar-refractivity contribution in [1.82, 2.24) is 0 Å². The Balaban J connectivity index is 3.49. The number of rotatable bonds is 2. The average molecular weight is 292 g/mol. The van der Waals surface area contributed by atoms with Gasteiger partial charge in [0, 0.05) is 15.8 Å². The van der Waals surface area contributed by atoms with Crippen molar-refractivity contribution in [2.24, 2.45) is 0 Å². The third kappa shape index (κ3) is 2.77. The molecule has 0 spiro atoms. The Morgan fingerprint density at radius 3 is 1.61 bits per heavy atom. The lowest BCUT2D eigenvalue weighted by molar-refractivity contribution is -0.276. The minimum atomic E-state index is -5.45. The Kier molecular flexibility index (Phi) is 3.94. The molecule has 0 aromatic heterocycles. The number of ether oxygens (including phenoxy) is 1. The van der Waals surface area contributed by atoms with E-state index in [0.717, 1.165) is 0 Å². The first kappa shape index (κ1) is 14.8. The van der Waals surface area contributed by atoms with Gasteiger partial charge in [0.25, 0.3) is 0 Å². The number of hydrogen-bond donors (Lipinski definition) is 0. The summed E-state index contributed by atoms with van der Waals surface area (Å²) in [6.07, 6.45) is -5.45. The maximum Gasteiger partial charge on any atom is 0.573 e. The van der Waals surface area contributed by atoms with Crippen LogP contribution in [0.1, 0.15) is 18.0 Å². The predicted octanol–water partition coefficient (Wildman–Crippen LogP) is 2.57. The lowest BCUT2D eigenvalue weighted by Crippen LogP contribution is -2.21. The van der Waals surface area contributed by atoms with Crippen LogP contribution in [0.25, 0.3) is 0 Å². The second-order valence-electron chi connectivity index (χ2n) is 3.70. The van der Waals surface area contributed by atoms with Crippen LogP contribution in [0.2, 0.25) is 0 Å². The van der Waals surface area contributed by atoms with E-state index in [1.54, 1.807) is 0 Å². The largest absolute Gasteiger partial charge is 0.573 e. The summed E-state index contributed by atoms with van der Waals surface area (Å²) >= 11 is 0. The summed E-state index contributed by atoms with van der Waals surface area (Å²) in [6, 6.07) is 0. The quantitative estimate of drug-likeness (QED) is 0.462. The third-order valence-electron chi connectivity index (χ3n) is 2.05. The molecule has 1 unspecified atom stereocenters. The molecule has 0 N–H and O–H groups in total. The van der Waals surface area contributed by atoms with Crippen LogP contribution in [0, 0.1) is 23.3 Å². The van der Waals surface area contributed by atoms with Gasteiger partial charge in [-0.1, -0.05) is 6.92 Å². The van der Waals surface area contributed by atoms with Gasteiger partial charge in [-0.25, -0.2) is 8.78 Å². The summed E-state index contributed by atoms with van der Waals surface area (Å²) in [6.45, 7) is 1.29. The molecule has 0 aliphatic carbocycles. The number of benzene rings is 1. The van der Waals surface area contributed by atoms with Crippen LogP contribution in [-0.4, -0.2) is 16.6 Å². The molecule has 0 aliphatic rings. The molecule has 0 saturated heterocycles. The molecule has 1 rings (SSSR count). The lowest BCUT2D eigenvalue weighted by Gasteiger charge is -2.15. The van der Waals surface area contributed by atoms with Gasteiger partial charge in [-0.05, 0) is 5.54 Å². The second-order valence-corrected chi connectivity index (χ2v) is 5.43. The fourth-order valence-electron chi connectivity index (χ4n) is 1.34. The van der Waals surface area contributed by atoms with Crippen LogP contribution in [0.4, 0.5) is 30.7 Å². The molecule has 0 saturated carbocycles. The van der Waals surface area contributed by atoms with E-state index >= 15 is 0 Å². The van der Waals surface area contributed by atoms with Gasteiger partial charge in [-0.2, -0.15) is 8.78 Å². The van der Waals surface area contributed by atoms with Crippen molar-refractivity contribution in [2.75, 3.05) is 0 Å². The van der Waals surface area contributed by atoms with Gasteiger partial charge in [0.1, 0.15) is 0 Å². The molecule has 1 nitrogen and oxygen atoms in total. The van der Waals surface area contributed by atoms with E-state index in [1.807, 2.05) is 0 Å². The normalized spacial score (nSPS) is 13.8. The molecule has 0 radical (unpaired) electrons. The fraction of sp³-hybridized carbons (Fsp3) is 0.333. The zero-order valence-electron chi connectivity index (χ0n) is 9.13. The smallest absolute Gasteiger partial charge is 0.399 e. The Bertz CT molecular complexity index is 440. The Morgan fingerprint density at radius 1 is 0.944 bits per heavy atom. The molecule has 1 aromatic carbocycles. The van der Waals surface area contributed by atoms with E-state index in [2.05, 4.69) is 4.74 Å². The summed E-state index contributed by atoms with van der Waals surface area (Å²) in [5.41, 5.74) is -1.72. The summed E-state index contributed by atoms with van der Waals surface area (Å²) in [5, 5.41) is 0. The molecule has 18 heavy (non-hydrogen) atoms. The van der Waals surface area contributed by atoms with Crippen molar-refractivity contribution in [3.05, 3.63) is 28.8 Å². The Morgan fingerprint density at radius 2 is 1.33 bits per heavy atom. The van der Waals surface area contributed by atoms with Gasteiger partial charge in [0.05, 0.1) is 0 Å². The molecule has 0 aliphatic heterocycles. The molecule has 0 fully saturated rings.